The zero-order valence-electron chi connectivity index (χ0n) is 34.8. The molecule has 11 aromatic rings. The quantitative estimate of drug-likeness (QED) is 0.136. The highest BCUT2D eigenvalue weighted by Gasteiger charge is 2.40. The lowest BCUT2D eigenvalue weighted by atomic mass is 9.63. The topological polar surface area (TPSA) is 43.6 Å². The Morgan fingerprint density at radius 2 is 0.794 bits per heavy atom. The van der Waals surface area contributed by atoms with Crippen molar-refractivity contribution >= 4 is 21.8 Å². The van der Waals surface area contributed by atoms with E-state index in [2.05, 4.69) is 212 Å². The summed E-state index contributed by atoms with van der Waals surface area (Å²) in [7, 11) is 0. The molecule has 0 saturated heterocycles. The largest absolute Gasteiger partial charge is 0.309 e. The molecule has 0 bridgehead atoms. The van der Waals surface area contributed by atoms with Crippen LogP contribution in [0.1, 0.15) is 27.8 Å². The molecule has 298 valence electrons. The Balaban J connectivity index is 1.25. The summed E-state index contributed by atoms with van der Waals surface area (Å²) in [5, 5.41) is 2.42. The number of hydrogen-bond donors (Lipinski definition) is 0. The van der Waals surface area contributed by atoms with Crippen molar-refractivity contribution in [3.05, 3.63) is 264 Å². The minimum atomic E-state index is -0.672. The van der Waals surface area contributed by atoms with E-state index in [0.717, 1.165) is 44.5 Å². The van der Waals surface area contributed by atoms with Crippen molar-refractivity contribution in [3.63, 3.8) is 0 Å². The van der Waals surface area contributed by atoms with Gasteiger partial charge in [-0.25, -0.2) is 15.0 Å². The van der Waals surface area contributed by atoms with Crippen molar-refractivity contribution in [1.29, 1.82) is 0 Å². The smallest absolute Gasteiger partial charge is 0.164 e. The Hall–Kier alpha value is -8.21. The van der Waals surface area contributed by atoms with Crippen LogP contribution >= 0.6 is 0 Å². The van der Waals surface area contributed by atoms with Crippen LogP contribution < -0.4 is 0 Å². The van der Waals surface area contributed by atoms with Crippen LogP contribution in [0.2, 0.25) is 0 Å². The third-order valence-electron chi connectivity index (χ3n) is 12.2. The minimum Gasteiger partial charge on any atom is -0.309 e. The van der Waals surface area contributed by atoms with Crippen LogP contribution in [0.3, 0.4) is 0 Å². The average Bonchev–Trinajstić information content (AvgIpc) is 3.69. The minimum absolute atomic E-state index is 0.598. The Bertz CT molecular complexity index is 3230. The molecule has 0 spiro atoms. The van der Waals surface area contributed by atoms with Gasteiger partial charge in [0, 0.05) is 33.2 Å². The number of fused-ring (bicyclic) bond motifs is 3. The molecule has 0 fully saturated rings. The normalized spacial score (nSPS) is 11.6. The van der Waals surface area contributed by atoms with Crippen LogP contribution in [0.15, 0.2) is 237 Å². The molecule has 2 heterocycles. The predicted octanol–water partition coefficient (Wildman–Crippen LogP) is 14.3. The van der Waals surface area contributed by atoms with Crippen LogP contribution in [-0.4, -0.2) is 19.5 Å². The number of hydrogen-bond acceptors (Lipinski definition) is 3. The van der Waals surface area contributed by atoms with E-state index >= 15 is 0 Å². The number of aromatic nitrogens is 4. The van der Waals surface area contributed by atoms with Crippen molar-refractivity contribution < 1.29 is 0 Å². The first-order valence-corrected chi connectivity index (χ1v) is 21.4. The summed E-state index contributed by atoms with van der Waals surface area (Å²) in [6, 6.07) is 84.4. The van der Waals surface area contributed by atoms with Crippen LogP contribution in [0, 0.1) is 6.92 Å². The number of benzene rings is 9. The van der Waals surface area contributed by atoms with Crippen LogP contribution in [0.4, 0.5) is 0 Å². The lowest BCUT2D eigenvalue weighted by molar-refractivity contribution is 0.747. The molecular formula is C59H42N4. The second kappa shape index (κ2) is 16.0. The molecule has 63 heavy (non-hydrogen) atoms. The molecular weight excluding hydrogens is 765 g/mol. The van der Waals surface area contributed by atoms with Crippen molar-refractivity contribution in [2.45, 2.75) is 12.3 Å². The fourth-order valence-electron chi connectivity index (χ4n) is 9.42. The SMILES string of the molecule is Cc1ccc2c(c1)c1ccccc1n2-c1cc(-c2nc(-c3ccccc3)nc(-c3ccccc3)n2)cc(-c2ccccc2C(c2ccccc2)(c2ccccc2)c2ccccc2)c1. The highest BCUT2D eigenvalue weighted by atomic mass is 15.0. The number of nitrogens with zero attached hydrogens (tertiary/aromatic N) is 4. The monoisotopic (exact) mass is 806 g/mol. The zero-order chi connectivity index (χ0) is 42.2. The molecule has 0 aliphatic rings. The molecule has 0 saturated carbocycles. The van der Waals surface area contributed by atoms with Crippen molar-refractivity contribution in [2.75, 3.05) is 0 Å². The summed E-state index contributed by atoms with van der Waals surface area (Å²) in [4.78, 5) is 15.6. The highest BCUT2D eigenvalue weighted by Crippen LogP contribution is 2.49. The molecule has 0 atom stereocenters. The second-order valence-electron chi connectivity index (χ2n) is 16.1. The summed E-state index contributed by atoms with van der Waals surface area (Å²) in [5.74, 6) is 1.84. The van der Waals surface area contributed by atoms with E-state index < -0.39 is 5.41 Å². The van der Waals surface area contributed by atoms with Gasteiger partial charge in [0.15, 0.2) is 17.5 Å². The molecule has 9 aromatic carbocycles. The average molecular weight is 807 g/mol. The number of aryl methyl sites for hydroxylation is 1. The molecule has 4 heteroatoms. The van der Waals surface area contributed by atoms with Crippen LogP contribution in [0.25, 0.3) is 72.8 Å². The van der Waals surface area contributed by atoms with Gasteiger partial charge in [0.2, 0.25) is 0 Å². The first-order valence-electron chi connectivity index (χ1n) is 21.4. The molecule has 4 nitrogen and oxygen atoms in total. The van der Waals surface area contributed by atoms with Gasteiger partial charge >= 0.3 is 0 Å². The molecule has 11 rings (SSSR count). The van der Waals surface area contributed by atoms with E-state index in [1.165, 1.54) is 38.6 Å². The second-order valence-corrected chi connectivity index (χ2v) is 16.1. The van der Waals surface area contributed by atoms with Gasteiger partial charge in [-0.1, -0.05) is 206 Å². The van der Waals surface area contributed by atoms with Crippen LogP contribution in [-0.2, 0) is 5.41 Å². The summed E-state index contributed by atoms with van der Waals surface area (Å²) in [6.07, 6.45) is 0. The van der Waals surface area contributed by atoms with E-state index in [-0.39, 0.29) is 0 Å². The Morgan fingerprint density at radius 3 is 1.37 bits per heavy atom. The summed E-state index contributed by atoms with van der Waals surface area (Å²) >= 11 is 0. The van der Waals surface area contributed by atoms with E-state index in [1.54, 1.807) is 0 Å². The summed E-state index contributed by atoms with van der Waals surface area (Å²) in [6.45, 7) is 2.16. The molecule has 2 aromatic heterocycles. The molecule has 0 N–H and O–H groups in total. The van der Waals surface area contributed by atoms with E-state index in [1.807, 2.05) is 36.4 Å². The van der Waals surface area contributed by atoms with Gasteiger partial charge in [-0.05, 0) is 76.7 Å². The van der Waals surface area contributed by atoms with Gasteiger partial charge in [-0.3, -0.25) is 0 Å². The van der Waals surface area contributed by atoms with Crippen molar-refractivity contribution in [3.8, 4) is 51.0 Å². The maximum absolute atomic E-state index is 5.28. The lowest BCUT2D eigenvalue weighted by Gasteiger charge is -2.38. The highest BCUT2D eigenvalue weighted by molar-refractivity contribution is 6.09. The van der Waals surface area contributed by atoms with Gasteiger partial charge in [0.05, 0.1) is 16.4 Å². The first kappa shape index (κ1) is 37.8. The third kappa shape index (κ3) is 6.70. The molecule has 0 unspecified atom stereocenters. The summed E-state index contributed by atoms with van der Waals surface area (Å²) < 4.78 is 2.40. The van der Waals surface area contributed by atoms with E-state index in [4.69, 9.17) is 15.0 Å². The third-order valence-corrected chi connectivity index (χ3v) is 12.2. The number of rotatable bonds is 9. The fraction of sp³-hybridized carbons (Fsp3) is 0.0339. The maximum Gasteiger partial charge on any atom is 0.164 e. The van der Waals surface area contributed by atoms with E-state index in [0.29, 0.717) is 17.5 Å². The molecule has 0 aliphatic carbocycles. The fourth-order valence-corrected chi connectivity index (χ4v) is 9.42. The summed E-state index contributed by atoms with van der Waals surface area (Å²) in [5.41, 5.74) is 13.4. The van der Waals surface area contributed by atoms with Gasteiger partial charge in [0.25, 0.3) is 0 Å². The first-order chi connectivity index (χ1) is 31.1. The Morgan fingerprint density at radius 1 is 0.349 bits per heavy atom. The molecule has 0 aliphatic heterocycles. The Kier molecular flexibility index (Phi) is 9.59. The van der Waals surface area contributed by atoms with Gasteiger partial charge < -0.3 is 4.57 Å². The number of para-hydroxylation sites is 1. The van der Waals surface area contributed by atoms with Gasteiger partial charge in [-0.15, -0.1) is 0 Å². The standard InChI is InChI=1S/C59H42N4/c1-41-35-36-55-52(37-41)51-32-18-20-34-54(51)63(55)49-39-44(38-45(40-49)58-61-56(42-21-7-2-8-22-42)60-57(62-58)43-23-9-3-10-24-43)50-31-17-19-33-53(50)59(46-25-11-4-12-26-46,47-27-13-5-14-28-47)48-29-15-6-16-30-48/h2-40H,1H3. The van der Waals surface area contributed by atoms with Gasteiger partial charge in [-0.2, -0.15) is 0 Å². The lowest BCUT2D eigenvalue weighted by Crippen LogP contribution is -2.31. The van der Waals surface area contributed by atoms with Crippen LogP contribution in [0.5, 0.6) is 0 Å². The molecule has 0 amide bonds. The van der Waals surface area contributed by atoms with Crippen molar-refractivity contribution in [1.82, 2.24) is 19.5 Å². The predicted molar refractivity (Wildman–Crippen MR) is 259 cm³/mol. The van der Waals surface area contributed by atoms with E-state index in [9.17, 15) is 0 Å². The zero-order valence-corrected chi connectivity index (χ0v) is 34.8. The molecule has 0 radical (unpaired) electrons. The van der Waals surface area contributed by atoms with Crippen molar-refractivity contribution in [2.24, 2.45) is 0 Å². The maximum atomic E-state index is 5.28. The Labute approximate surface area is 367 Å². The van der Waals surface area contributed by atoms with Gasteiger partial charge in [0.1, 0.15) is 0 Å².